The smallest absolute Gasteiger partial charge is 0.381 e. The molecule has 0 N–H and O–H groups in total. The molecule has 0 spiro atoms. The Balaban J connectivity index is 1.49. The minimum atomic E-state index is -4.71. The van der Waals surface area contributed by atoms with Gasteiger partial charge in [-0.1, -0.05) is 5.16 Å². The van der Waals surface area contributed by atoms with E-state index >= 15 is 0 Å². The maximum atomic E-state index is 14.1. The van der Waals surface area contributed by atoms with Gasteiger partial charge in [-0.15, -0.1) is 0 Å². The highest BCUT2D eigenvalue weighted by Gasteiger charge is 2.63. The molecule has 7 nitrogen and oxygen atoms in total. The van der Waals surface area contributed by atoms with Crippen molar-refractivity contribution < 1.29 is 36.4 Å². The number of hydrogen-bond donors (Lipinski definition) is 0. The Kier molecular flexibility index (Phi) is 5.98. The van der Waals surface area contributed by atoms with E-state index in [0.29, 0.717) is 31.6 Å². The summed E-state index contributed by atoms with van der Waals surface area (Å²) < 4.78 is 71.2. The highest BCUT2D eigenvalue weighted by molar-refractivity contribution is 5.78. The minimum Gasteiger partial charge on any atom is -0.381 e. The first-order chi connectivity index (χ1) is 14.8. The van der Waals surface area contributed by atoms with Crippen molar-refractivity contribution in [3.8, 4) is 11.4 Å². The Morgan fingerprint density at radius 2 is 1.94 bits per heavy atom. The zero-order valence-electron chi connectivity index (χ0n) is 16.5. The fraction of sp³-hybridized carbons (Fsp3) is 0.550. The molecule has 2 fully saturated rings. The monoisotopic (exact) mass is 443 g/mol. The number of carbonyl (C=O) groups excluding carboxylic acids is 1. The lowest BCUT2D eigenvalue weighted by Gasteiger charge is -2.28. The zero-order chi connectivity index (χ0) is 22.1. The lowest BCUT2D eigenvalue weighted by Crippen LogP contribution is -2.46. The van der Waals surface area contributed by atoms with Gasteiger partial charge in [0.05, 0.1) is 6.10 Å². The number of likely N-dealkylation sites (tertiary alicyclic amines) is 1. The van der Waals surface area contributed by atoms with E-state index in [-0.39, 0.29) is 25.1 Å². The summed E-state index contributed by atoms with van der Waals surface area (Å²) in [6.07, 6.45) is -3.95. The SMILES string of the molecule is O=C(COC1CCOCC1)N1CCC(c2nc(-c3ccc(F)cc3)no2)(C(F)(F)F)C1. The molecule has 2 aliphatic heterocycles. The van der Waals surface area contributed by atoms with Crippen LogP contribution in [0.5, 0.6) is 0 Å². The van der Waals surface area contributed by atoms with Gasteiger partial charge in [-0.25, -0.2) is 4.39 Å². The van der Waals surface area contributed by atoms with E-state index in [4.69, 9.17) is 14.0 Å². The number of hydrogen-bond acceptors (Lipinski definition) is 6. The van der Waals surface area contributed by atoms with E-state index in [2.05, 4.69) is 10.1 Å². The molecule has 1 aromatic carbocycles. The highest BCUT2D eigenvalue weighted by Crippen LogP contribution is 2.47. The molecule has 168 valence electrons. The molecule has 0 aliphatic carbocycles. The Labute approximate surface area is 175 Å². The van der Waals surface area contributed by atoms with Gasteiger partial charge in [0.25, 0.3) is 0 Å². The number of rotatable bonds is 5. The van der Waals surface area contributed by atoms with Gasteiger partial charge in [0, 0.05) is 31.9 Å². The fourth-order valence-corrected chi connectivity index (χ4v) is 3.81. The standard InChI is InChI=1S/C20H21F4N3O4/c21-14-3-1-13(2-4-14)17-25-18(31-26-17)19(20(22,23)24)7-8-27(12-19)16(28)11-30-15-5-9-29-10-6-15/h1-4,15H,5-12H2. The lowest BCUT2D eigenvalue weighted by atomic mass is 9.86. The van der Waals surface area contributed by atoms with E-state index < -0.39 is 42.2 Å². The van der Waals surface area contributed by atoms with Crippen LogP contribution in [0.3, 0.4) is 0 Å². The van der Waals surface area contributed by atoms with Crippen LogP contribution in [0.15, 0.2) is 28.8 Å². The van der Waals surface area contributed by atoms with E-state index in [1.807, 2.05) is 0 Å². The number of carbonyl (C=O) groups is 1. The topological polar surface area (TPSA) is 77.7 Å². The summed E-state index contributed by atoms with van der Waals surface area (Å²) in [4.78, 5) is 17.6. The largest absolute Gasteiger partial charge is 0.405 e. The molecule has 2 aromatic rings. The molecule has 4 rings (SSSR count). The zero-order valence-corrected chi connectivity index (χ0v) is 16.5. The van der Waals surface area contributed by atoms with E-state index in [1.165, 1.54) is 12.1 Å². The Morgan fingerprint density at radius 1 is 1.23 bits per heavy atom. The van der Waals surface area contributed by atoms with Gasteiger partial charge in [-0.2, -0.15) is 18.2 Å². The summed E-state index contributed by atoms with van der Waals surface area (Å²) >= 11 is 0. The summed E-state index contributed by atoms with van der Waals surface area (Å²) in [5.41, 5.74) is -2.14. The van der Waals surface area contributed by atoms with E-state index in [0.717, 1.165) is 17.0 Å². The maximum Gasteiger partial charge on any atom is 0.405 e. The van der Waals surface area contributed by atoms with Crippen LogP contribution < -0.4 is 0 Å². The van der Waals surface area contributed by atoms with Crippen molar-refractivity contribution in [3.05, 3.63) is 36.0 Å². The summed E-state index contributed by atoms with van der Waals surface area (Å²) in [7, 11) is 0. The molecule has 1 amide bonds. The van der Waals surface area contributed by atoms with Crippen LogP contribution in [0.4, 0.5) is 17.6 Å². The van der Waals surface area contributed by atoms with Crippen molar-refractivity contribution in [2.45, 2.75) is 37.0 Å². The van der Waals surface area contributed by atoms with Crippen LogP contribution in [0.25, 0.3) is 11.4 Å². The van der Waals surface area contributed by atoms with Crippen molar-refractivity contribution in [2.24, 2.45) is 0 Å². The molecule has 0 saturated carbocycles. The maximum absolute atomic E-state index is 14.1. The molecular formula is C20H21F4N3O4. The third-order valence-corrected chi connectivity index (χ3v) is 5.71. The average molecular weight is 443 g/mol. The van der Waals surface area contributed by atoms with Gasteiger partial charge in [0.2, 0.25) is 17.6 Å². The molecule has 1 unspecified atom stereocenters. The van der Waals surface area contributed by atoms with Gasteiger partial charge in [-0.3, -0.25) is 4.79 Å². The van der Waals surface area contributed by atoms with Crippen molar-refractivity contribution >= 4 is 5.91 Å². The normalized spacial score (nSPS) is 22.8. The van der Waals surface area contributed by atoms with Crippen LogP contribution in [0.2, 0.25) is 0 Å². The Hall–Kier alpha value is -2.53. The number of aromatic nitrogens is 2. The first-order valence-electron chi connectivity index (χ1n) is 9.92. The van der Waals surface area contributed by atoms with E-state index in [9.17, 15) is 22.4 Å². The van der Waals surface area contributed by atoms with Crippen LogP contribution in [0.1, 0.15) is 25.2 Å². The number of amides is 1. The van der Waals surface area contributed by atoms with Crippen LogP contribution >= 0.6 is 0 Å². The van der Waals surface area contributed by atoms with Crippen molar-refractivity contribution in [1.82, 2.24) is 15.0 Å². The third kappa shape index (κ3) is 4.42. The molecule has 11 heteroatoms. The number of ether oxygens (including phenoxy) is 2. The quantitative estimate of drug-likeness (QED) is 0.661. The van der Waals surface area contributed by atoms with Gasteiger partial charge in [-0.05, 0) is 43.5 Å². The fourth-order valence-electron chi connectivity index (χ4n) is 3.81. The summed E-state index contributed by atoms with van der Waals surface area (Å²) in [5.74, 6) is -1.70. The van der Waals surface area contributed by atoms with Crippen molar-refractivity contribution in [1.29, 1.82) is 0 Å². The molecule has 1 atom stereocenters. The number of alkyl halides is 3. The predicted molar refractivity (Wildman–Crippen MR) is 98.4 cm³/mol. The Morgan fingerprint density at radius 3 is 2.61 bits per heavy atom. The second-order valence-electron chi connectivity index (χ2n) is 7.70. The molecule has 2 aliphatic rings. The summed E-state index contributed by atoms with van der Waals surface area (Å²) in [6.45, 7) is 0.0468. The van der Waals surface area contributed by atoms with E-state index in [1.54, 1.807) is 0 Å². The number of benzene rings is 1. The predicted octanol–water partition coefficient (Wildman–Crippen LogP) is 3.10. The van der Waals surface area contributed by atoms with Gasteiger partial charge in [0.15, 0.2) is 5.41 Å². The van der Waals surface area contributed by atoms with Crippen LogP contribution in [-0.4, -0.2) is 66.1 Å². The molecule has 3 heterocycles. The highest BCUT2D eigenvalue weighted by atomic mass is 19.4. The summed E-state index contributed by atoms with van der Waals surface area (Å²) in [6, 6.07) is 5.00. The summed E-state index contributed by atoms with van der Waals surface area (Å²) in [5, 5.41) is 3.64. The van der Waals surface area contributed by atoms with Gasteiger partial charge in [0.1, 0.15) is 12.4 Å². The first kappa shape index (κ1) is 21.7. The van der Waals surface area contributed by atoms with Crippen molar-refractivity contribution in [2.75, 3.05) is 32.9 Å². The minimum absolute atomic E-state index is 0.0775. The van der Waals surface area contributed by atoms with Gasteiger partial charge < -0.3 is 18.9 Å². The Bertz CT molecular complexity index is 912. The molecule has 0 bridgehead atoms. The third-order valence-electron chi connectivity index (χ3n) is 5.71. The van der Waals surface area contributed by atoms with Crippen LogP contribution in [-0.2, 0) is 19.7 Å². The number of halogens is 4. The van der Waals surface area contributed by atoms with Gasteiger partial charge >= 0.3 is 6.18 Å². The molecule has 2 saturated heterocycles. The first-order valence-corrected chi connectivity index (χ1v) is 9.92. The molecule has 1 aromatic heterocycles. The number of nitrogens with zero attached hydrogens (tertiary/aromatic N) is 3. The lowest BCUT2D eigenvalue weighted by molar-refractivity contribution is -0.194. The average Bonchev–Trinajstić information content (AvgIpc) is 3.41. The van der Waals surface area contributed by atoms with Crippen LogP contribution in [0, 0.1) is 5.82 Å². The van der Waals surface area contributed by atoms with Crippen molar-refractivity contribution in [3.63, 3.8) is 0 Å². The molecule has 31 heavy (non-hydrogen) atoms. The second-order valence-corrected chi connectivity index (χ2v) is 7.70. The molecular weight excluding hydrogens is 422 g/mol. The molecule has 0 radical (unpaired) electrons. The second kappa shape index (κ2) is 8.54.